The molecule has 0 fully saturated rings. The van der Waals surface area contributed by atoms with E-state index < -0.39 is 44.9 Å². The van der Waals surface area contributed by atoms with Gasteiger partial charge < -0.3 is 9.84 Å². The molecule has 23 heteroatoms. The molecule has 0 atom stereocenters. The Bertz CT molecular complexity index is 4460. The second-order valence-corrected chi connectivity index (χ2v) is 28.9. The van der Waals surface area contributed by atoms with Crippen LogP contribution in [0.4, 0.5) is 30.7 Å². The molecule has 0 saturated heterocycles. The van der Waals surface area contributed by atoms with Gasteiger partial charge in [0.1, 0.15) is 0 Å². The van der Waals surface area contributed by atoms with Gasteiger partial charge in [-0.2, -0.15) is 26.3 Å². The third-order valence-electron chi connectivity index (χ3n) is 12.3. The van der Waals surface area contributed by atoms with Crippen molar-refractivity contribution in [3.8, 4) is 0 Å². The molecule has 0 N–H and O–H groups in total. The quantitative estimate of drug-likeness (QED) is 0.0554. The minimum Gasteiger partial charge on any atom is -0.850 e. The second-order valence-electron chi connectivity index (χ2n) is 19.8. The van der Waals surface area contributed by atoms with E-state index in [0.717, 1.165) is 70.2 Å². The van der Waals surface area contributed by atoms with Crippen LogP contribution in [0.15, 0.2) is 121 Å². The van der Waals surface area contributed by atoms with E-state index in [1.165, 1.54) is 118 Å². The van der Waals surface area contributed by atoms with Gasteiger partial charge in [0, 0.05) is 82.1 Å². The van der Waals surface area contributed by atoms with E-state index in [0.29, 0.717) is 5.56 Å². The largest absolute Gasteiger partial charge is 1.00 e. The third-order valence-corrected chi connectivity index (χ3v) is 21.9. The summed E-state index contributed by atoms with van der Waals surface area (Å²) in [4.78, 5) is 25.8. The molecule has 13 rings (SSSR count). The fourth-order valence-corrected chi connectivity index (χ4v) is 18.3. The van der Waals surface area contributed by atoms with Gasteiger partial charge in [0.05, 0.1) is 54.8 Å². The molecule has 8 aromatic heterocycles. The molecule has 0 aliphatic carbocycles. The van der Waals surface area contributed by atoms with Crippen LogP contribution in [0, 0.1) is 6.92 Å². The van der Waals surface area contributed by atoms with E-state index in [9.17, 15) is 50.0 Å². The van der Waals surface area contributed by atoms with E-state index in [1.807, 2.05) is 60.8 Å². The normalized spacial score (nSPS) is 12.0. The molecule has 8 heterocycles. The van der Waals surface area contributed by atoms with Crippen molar-refractivity contribution < 1.29 is 112 Å². The third kappa shape index (κ3) is 18.5. The van der Waals surface area contributed by atoms with Crippen LogP contribution in [0.3, 0.4) is 0 Å². The Morgan fingerprint density at radius 1 is 0.500 bits per heavy atom. The van der Waals surface area contributed by atoms with Crippen LogP contribution in [0.2, 0.25) is 0 Å². The van der Waals surface area contributed by atoms with Crippen molar-refractivity contribution in [1.29, 1.82) is 0 Å². The first-order valence-corrected chi connectivity index (χ1v) is 33.6. The number of benzene rings is 5. The molecule has 0 spiro atoms. The molecule has 5 aromatic carbocycles. The zero-order valence-corrected chi connectivity index (χ0v) is 58.7. The molecule has 0 saturated carbocycles. The molecule has 452 valence electrons. The Morgan fingerprint density at radius 2 is 0.807 bits per heavy atom. The van der Waals surface area contributed by atoms with Gasteiger partial charge in [0.25, 0.3) is 0 Å². The molecule has 0 amide bonds. The average Bonchev–Trinajstić information content (AvgIpc) is 1.98. The first kappa shape index (κ1) is 69.6. The van der Waals surface area contributed by atoms with Gasteiger partial charge in [-0.3, -0.25) is 18.5 Å². The van der Waals surface area contributed by atoms with Crippen LogP contribution < -0.4 is 56.5 Å². The summed E-state index contributed by atoms with van der Waals surface area (Å²) in [6, 6.07) is 35.8. The number of halogens is 7. The number of hydrogen-bond acceptors (Lipinski definition) is 14. The number of aryl methyl sites for hydroxylation is 1. The van der Waals surface area contributed by atoms with E-state index >= 15 is 0 Å². The zero-order chi connectivity index (χ0) is 63.5. The second kappa shape index (κ2) is 31.8. The SMILES string of the molecule is CC(C)(C)[O-].CCOCC.Cc1ccc(/C=C/c2cc3sc4cc5c(cc4c3s2)sc2cc(/C=C/c3ccc(C(F)(F)F)cc3)sc25)cc1.O=Cc1cc2sc3cc4c(cc3c2s1)sc1cc(C=O)sc14.O=POCc1ccc(C(F)(F)F)cc1.[2H]CF.[K+]. The van der Waals surface area contributed by atoms with Crippen molar-refractivity contribution in [1.82, 2.24) is 0 Å². The topological polar surface area (TPSA) is 92.7 Å². The zero-order valence-electron chi connectivity index (χ0n) is 49.1. The molecule has 0 radical (unpaired) electrons. The molecular formula is C65H53F7KO6PS8. The van der Waals surface area contributed by atoms with Crippen molar-refractivity contribution in [2.45, 2.75) is 66.1 Å². The number of thiophene rings is 8. The van der Waals surface area contributed by atoms with Crippen molar-refractivity contribution in [3.05, 3.63) is 174 Å². The molecule has 0 bridgehead atoms. The van der Waals surface area contributed by atoms with Crippen LogP contribution in [-0.2, 0) is 32.8 Å². The average molecular weight is 1390 g/mol. The summed E-state index contributed by atoms with van der Waals surface area (Å²) >= 11 is 13.8. The first-order chi connectivity index (χ1) is 41.9. The minimum atomic E-state index is -4.32. The fraction of sp³-hybridized carbons (Fsp3) is 0.200. The molecule has 88 heavy (non-hydrogen) atoms. The van der Waals surface area contributed by atoms with Crippen LogP contribution in [0.5, 0.6) is 0 Å². The van der Waals surface area contributed by atoms with Crippen LogP contribution in [0.1, 0.15) is 98.5 Å². The number of rotatable bonds is 11. The van der Waals surface area contributed by atoms with E-state index in [2.05, 4.69) is 84.3 Å². The molecule has 6 nitrogen and oxygen atoms in total. The monoisotopic (exact) mass is 1390 g/mol. The Kier molecular flexibility index (Phi) is 25.2. The molecule has 0 aliphatic heterocycles. The number of carbonyl (C=O) groups excluding carboxylic acids is 2. The molecule has 0 aliphatic rings. The number of carbonyl (C=O) groups is 2. The Morgan fingerprint density at radius 3 is 1.10 bits per heavy atom. The maximum absolute atomic E-state index is 12.8. The van der Waals surface area contributed by atoms with Crippen molar-refractivity contribution in [2.75, 3.05) is 20.4 Å². The summed E-state index contributed by atoms with van der Waals surface area (Å²) in [5.41, 5.74) is 1.68. The van der Waals surface area contributed by atoms with Crippen molar-refractivity contribution in [2.24, 2.45) is 0 Å². The first-order valence-electron chi connectivity index (χ1n) is 27.0. The predicted molar refractivity (Wildman–Crippen MR) is 360 cm³/mol. The summed E-state index contributed by atoms with van der Waals surface area (Å²) < 4.78 is 124. The van der Waals surface area contributed by atoms with E-state index in [-0.39, 0.29) is 58.0 Å². The minimum absolute atomic E-state index is 0. The Labute approximate surface area is 580 Å². The van der Waals surface area contributed by atoms with Gasteiger partial charge in [-0.05, 0) is 122 Å². The maximum atomic E-state index is 12.8. The van der Waals surface area contributed by atoms with Crippen LogP contribution in [-0.4, -0.2) is 38.5 Å². The van der Waals surface area contributed by atoms with Crippen molar-refractivity contribution >= 4 is 214 Å². The maximum Gasteiger partial charge on any atom is 1.00 e. The summed E-state index contributed by atoms with van der Waals surface area (Å²) in [5, 5.41) is 15.2. The predicted octanol–water partition coefficient (Wildman–Crippen LogP) is 20.6. The summed E-state index contributed by atoms with van der Waals surface area (Å²) in [7, 11) is -1.48. The number of fused-ring (bicyclic) bond motifs is 12. The standard InChI is InChI=1S/C32H19F3S4.C16H6O2S4.C8H6F3O2P.C4H9O.C4H10O.CH3F.K/c1-18-2-4-19(5-3-18)8-12-22-14-28-30(36-22)24-16-27-25(17-26(24)38-28)31-29(39-27)15-23(37-31)13-9-20-6-10-21(11-7-20)32(33,34)35;17-5-7-1-13-15(19-7)9-3-12-10(4-11(9)21-13)16-14(22-12)2-8(6-18)20-16;9-8(10,11)7-3-1-6(2-4-7)5-13-14-12;1-4(2,3)5;1-3-5-4-2;1-2;/h2-17H,1H3;1-6H;1-4H,5H2;1-3H3;3-4H2,1-2H3;1H3;/q;;;-1;;;+1/b12-8+,13-9+;;;;;;/i;;;;;1D;. The summed E-state index contributed by atoms with van der Waals surface area (Å²) in [6.07, 6.45) is 1.43. The Hall–Kier alpha value is -4.27. The number of ether oxygens (including phenoxy) is 1. The smallest absolute Gasteiger partial charge is 0.850 e. The molecule has 13 aromatic rings. The van der Waals surface area contributed by atoms with Gasteiger partial charge >= 0.3 is 72.4 Å². The fourth-order valence-electron chi connectivity index (χ4n) is 8.46. The van der Waals surface area contributed by atoms with Crippen LogP contribution in [0.25, 0.3) is 102 Å². The molecule has 0 unspecified atom stereocenters. The van der Waals surface area contributed by atoms with E-state index in [4.69, 9.17) is 6.11 Å². The Balaban J connectivity index is 0.000000189. The van der Waals surface area contributed by atoms with Crippen molar-refractivity contribution in [3.63, 3.8) is 0 Å². The molecular weight excluding hydrogens is 1340 g/mol. The van der Waals surface area contributed by atoms with Gasteiger partial charge in [-0.1, -0.05) is 87.0 Å². The van der Waals surface area contributed by atoms with Gasteiger partial charge in [0.15, 0.2) is 12.6 Å². The number of aldehydes is 2. The van der Waals surface area contributed by atoms with Gasteiger partial charge in [-0.25, -0.2) is 4.57 Å². The van der Waals surface area contributed by atoms with E-state index in [1.54, 1.807) is 88.8 Å². The van der Waals surface area contributed by atoms with Gasteiger partial charge in [-0.15, -0.1) is 96.3 Å². The summed E-state index contributed by atoms with van der Waals surface area (Å²) in [5.74, 6) is 0. The van der Waals surface area contributed by atoms with Gasteiger partial charge in [0.2, 0.25) is 0 Å². The summed E-state index contributed by atoms with van der Waals surface area (Å²) in [6.45, 7) is 12.7. The number of hydrogen-bond donors (Lipinski definition) is 0. The number of alkyl halides is 7. The van der Waals surface area contributed by atoms with Crippen LogP contribution >= 0.6 is 99.4 Å².